The molecule has 0 spiro atoms. The highest BCUT2D eigenvalue weighted by atomic mass is 31.0. The van der Waals surface area contributed by atoms with Crippen molar-refractivity contribution in [1.82, 2.24) is 4.67 Å². The van der Waals surface area contributed by atoms with Crippen molar-refractivity contribution in [2.75, 3.05) is 19.7 Å². The van der Waals surface area contributed by atoms with E-state index in [-0.39, 0.29) is 5.41 Å². The summed E-state index contributed by atoms with van der Waals surface area (Å²) in [5, 5.41) is 9.52. The Morgan fingerprint density at radius 2 is 1.59 bits per heavy atom. The van der Waals surface area contributed by atoms with Gasteiger partial charge in [0, 0.05) is 19.7 Å². The van der Waals surface area contributed by atoms with Crippen LogP contribution in [0.3, 0.4) is 0 Å². The summed E-state index contributed by atoms with van der Waals surface area (Å²) in [6, 6.07) is 0. The number of hydrogen-bond acceptors (Lipinski definition) is 2. The minimum atomic E-state index is 0.106. The number of hydrogen-bond donors (Lipinski definition) is 1. The average molecular weight is 259 g/mol. The summed E-state index contributed by atoms with van der Waals surface area (Å²) in [7, 11) is 2.86. The molecular formula is C14H30NOP. The minimum Gasteiger partial charge on any atom is -0.396 e. The molecule has 0 aromatic rings. The van der Waals surface area contributed by atoms with Gasteiger partial charge >= 0.3 is 0 Å². The van der Waals surface area contributed by atoms with E-state index in [0.717, 1.165) is 0 Å². The lowest BCUT2D eigenvalue weighted by atomic mass is 9.74. The van der Waals surface area contributed by atoms with E-state index in [2.05, 4.69) is 27.9 Å². The summed E-state index contributed by atoms with van der Waals surface area (Å²) in [5.74, 6) is 0.698. The molecule has 0 bridgehead atoms. The Bertz CT molecular complexity index is 208. The van der Waals surface area contributed by atoms with Crippen molar-refractivity contribution < 1.29 is 5.11 Å². The number of rotatable bonds is 2. The topological polar surface area (TPSA) is 23.5 Å². The van der Waals surface area contributed by atoms with E-state index >= 15 is 0 Å². The van der Waals surface area contributed by atoms with Crippen molar-refractivity contribution >= 4 is 9.39 Å². The van der Waals surface area contributed by atoms with E-state index in [0.29, 0.717) is 12.5 Å². The fourth-order valence-corrected chi connectivity index (χ4v) is 3.12. The quantitative estimate of drug-likeness (QED) is 0.768. The Kier molecular flexibility index (Phi) is 6.99. The van der Waals surface area contributed by atoms with E-state index < -0.39 is 0 Å². The van der Waals surface area contributed by atoms with Crippen LogP contribution in [0.2, 0.25) is 0 Å². The molecule has 0 aromatic heterocycles. The molecule has 1 fully saturated rings. The molecule has 2 atom stereocenters. The van der Waals surface area contributed by atoms with Gasteiger partial charge in [-0.3, -0.25) is 4.67 Å². The first-order chi connectivity index (χ1) is 8.06. The highest BCUT2D eigenvalue weighted by molar-refractivity contribution is 7.13. The van der Waals surface area contributed by atoms with Gasteiger partial charge in [0.15, 0.2) is 0 Å². The van der Waals surface area contributed by atoms with Gasteiger partial charge in [-0.1, -0.05) is 42.5 Å². The van der Waals surface area contributed by atoms with Crippen LogP contribution in [-0.4, -0.2) is 29.5 Å². The molecule has 1 aliphatic heterocycles. The molecule has 102 valence electrons. The largest absolute Gasteiger partial charge is 0.396 e. The highest BCUT2D eigenvalue weighted by Gasteiger charge is 2.27. The second kappa shape index (κ2) is 7.71. The van der Waals surface area contributed by atoms with Crippen LogP contribution in [0.15, 0.2) is 0 Å². The first kappa shape index (κ1) is 15.4. The lowest BCUT2D eigenvalue weighted by Gasteiger charge is -2.33. The van der Waals surface area contributed by atoms with Crippen LogP contribution >= 0.6 is 9.39 Å². The van der Waals surface area contributed by atoms with Crippen LogP contribution in [0, 0.1) is 11.3 Å². The van der Waals surface area contributed by atoms with Crippen molar-refractivity contribution in [3.63, 3.8) is 0 Å². The Balaban J connectivity index is 2.48. The Morgan fingerprint density at radius 1 is 1.06 bits per heavy atom. The molecular weight excluding hydrogens is 229 g/mol. The molecule has 1 rings (SSSR count). The number of nitrogens with zero attached hydrogens (tertiary/aromatic N) is 1. The van der Waals surface area contributed by atoms with Crippen LogP contribution in [-0.2, 0) is 0 Å². The summed E-state index contributed by atoms with van der Waals surface area (Å²) in [6.45, 7) is 7.20. The molecule has 2 nitrogen and oxygen atoms in total. The third-order valence-corrected chi connectivity index (χ3v) is 4.77. The molecule has 0 aliphatic carbocycles. The molecule has 0 amide bonds. The first-order valence-corrected chi connectivity index (χ1v) is 7.68. The monoisotopic (exact) mass is 259 g/mol. The van der Waals surface area contributed by atoms with Crippen molar-refractivity contribution in [3.05, 3.63) is 0 Å². The number of aliphatic hydroxyl groups is 1. The number of aliphatic hydroxyl groups excluding tert-OH is 1. The van der Waals surface area contributed by atoms with Gasteiger partial charge in [0.2, 0.25) is 0 Å². The maximum absolute atomic E-state index is 9.52. The lowest BCUT2D eigenvalue weighted by molar-refractivity contribution is 0.0825. The standard InChI is InChI=1S/C14H30NOP/c1-14(2,12-16)13-8-4-3-6-10-15(17)11-7-5-9-13/h13,16H,3-12,17H2,1-2H3. The van der Waals surface area contributed by atoms with Crippen LogP contribution in [0.4, 0.5) is 0 Å². The Hall–Kier alpha value is 0.350. The summed E-state index contributed by atoms with van der Waals surface area (Å²) < 4.78 is 2.39. The van der Waals surface area contributed by atoms with E-state index in [1.165, 1.54) is 58.0 Å². The maximum Gasteiger partial charge on any atom is 0.0484 e. The molecule has 1 aliphatic rings. The van der Waals surface area contributed by atoms with Gasteiger partial charge < -0.3 is 5.11 Å². The molecule has 0 aromatic carbocycles. The lowest BCUT2D eigenvalue weighted by Crippen LogP contribution is -2.28. The summed E-state index contributed by atoms with van der Waals surface area (Å²) in [5.41, 5.74) is 0.106. The summed E-state index contributed by atoms with van der Waals surface area (Å²) >= 11 is 0. The van der Waals surface area contributed by atoms with Gasteiger partial charge in [0.1, 0.15) is 0 Å². The molecule has 0 saturated carbocycles. The van der Waals surface area contributed by atoms with E-state index in [1.54, 1.807) is 0 Å². The predicted octanol–water partition coefficient (Wildman–Crippen LogP) is 3.46. The zero-order valence-corrected chi connectivity index (χ0v) is 12.8. The van der Waals surface area contributed by atoms with Crippen LogP contribution in [0.1, 0.15) is 58.8 Å². The third kappa shape index (κ3) is 5.68. The van der Waals surface area contributed by atoms with Gasteiger partial charge in [0.25, 0.3) is 0 Å². The average Bonchev–Trinajstić information content (AvgIpc) is 2.34. The van der Waals surface area contributed by atoms with Gasteiger partial charge in [-0.2, -0.15) is 0 Å². The zero-order chi connectivity index (χ0) is 12.7. The predicted molar refractivity (Wildman–Crippen MR) is 78.0 cm³/mol. The third-order valence-electron chi connectivity index (χ3n) is 4.26. The smallest absolute Gasteiger partial charge is 0.0484 e. The van der Waals surface area contributed by atoms with E-state index in [9.17, 15) is 5.11 Å². The molecule has 17 heavy (non-hydrogen) atoms. The first-order valence-electron chi connectivity index (χ1n) is 7.17. The van der Waals surface area contributed by atoms with Crippen LogP contribution in [0.5, 0.6) is 0 Å². The van der Waals surface area contributed by atoms with Crippen LogP contribution in [0.25, 0.3) is 0 Å². The van der Waals surface area contributed by atoms with Crippen LogP contribution < -0.4 is 0 Å². The molecule has 0 radical (unpaired) electrons. The maximum atomic E-state index is 9.52. The normalized spacial score (nSPS) is 26.5. The molecule has 1 N–H and O–H groups in total. The van der Waals surface area contributed by atoms with Crippen molar-refractivity contribution in [2.45, 2.75) is 58.8 Å². The SMILES string of the molecule is CC(C)(CO)C1CCCCCN(P)CCCC1. The Labute approximate surface area is 109 Å². The van der Waals surface area contributed by atoms with Gasteiger partial charge in [-0.25, -0.2) is 0 Å². The molecule has 2 unspecified atom stereocenters. The van der Waals surface area contributed by atoms with E-state index in [1.807, 2.05) is 0 Å². The fraction of sp³-hybridized carbons (Fsp3) is 1.00. The molecule has 1 heterocycles. The van der Waals surface area contributed by atoms with Crippen molar-refractivity contribution in [3.8, 4) is 0 Å². The minimum absolute atomic E-state index is 0.106. The Morgan fingerprint density at radius 3 is 2.18 bits per heavy atom. The van der Waals surface area contributed by atoms with Gasteiger partial charge in [0.05, 0.1) is 0 Å². The zero-order valence-electron chi connectivity index (χ0n) is 11.6. The van der Waals surface area contributed by atoms with E-state index in [4.69, 9.17) is 0 Å². The molecule has 3 heteroatoms. The molecule has 1 saturated heterocycles. The van der Waals surface area contributed by atoms with Gasteiger partial charge in [-0.15, -0.1) is 0 Å². The van der Waals surface area contributed by atoms with Gasteiger partial charge in [-0.05, 0) is 37.0 Å². The van der Waals surface area contributed by atoms with Crippen molar-refractivity contribution in [2.24, 2.45) is 11.3 Å². The fourth-order valence-electron chi connectivity index (χ4n) is 2.75. The summed E-state index contributed by atoms with van der Waals surface area (Å²) in [6.07, 6.45) is 9.16. The van der Waals surface area contributed by atoms with Crippen molar-refractivity contribution in [1.29, 1.82) is 0 Å². The second-order valence-corrected chi connectivity index (χ2v) is 6.96. The second-order valence-electron chi connectivity index (χ2n) is 6.22. The summed E-state index contributed by atoms with van der Waals surface area (Å²) in [4.78, 5) is 0. The highest BCUT2D eigenvalue weighted by Crippen LogP contribution is 2.34.